The molecule has 0 atom stereocenters. The summed E-state index contributed by atoms with van der Waals surface area (Å²) in [4.78, 5) is 9.37. The van der Waals surface area contributed by atoms with Crippen LogP contribution in [-0.4, -0.2) is 9.97 Å². The molecule has 25 heavy (non-hydrogen) atoms. The van der Waals surface area contributed by atoms with Crippen LogP contribution in [0.2, 0.25) is 0 Å². The number of pyridine rings is 2. The SMILES string of the molecule is Cc1ccc(-c2nc3ccnc(CN)c3cc2-c2ccccc2)cc1. The van der Waals surface area contributed by atoms with Crippen molar-refractivity contribution in [3.05, 3.63) is 84.2 Å². The molecule has 2 N–H and O–H groups in total. The molecule has 0 aliphatic heterocycles. The highest BCUT2D eigenvalue weighted by Gasteiger charge is 2.13. The van der Waals surface area contributed by atoms with E-state index >= 15 is 0 Å². The minimum Gasteiger partial charge on any atom is -0.325 e. The van der Waals surface area contributed by atoms with Crippen LogP contribution in [0.15, 0.2) is 72.9 Å². The van der Waals surface area contributed by atoms with Crippen LogP contribution in [0.25, 0.3) is 33.3 Å². The molecule has 2 aromatic heterocycles. The average Bonchev–Trinajstić information content (AvgIpc) is 2.68. The van der Waals surface area contributed by atoms with E-state index in [9.17, 15) is 0 Å². The van der Waals surface area contributed by atoms with E-state index in [1.165, 1.54) is 5.56 Å². The summed E-state index contributed by atoms with van der Waals surface area (Å²) in [6, 6.07) is 22.9. The molecule has 0 saturated heterocycles. The Morgan fingerprint density at radius 1 is 0.880 bits per heavy atom. The second kappa shape index (κ2) is 6.46. The van der Waals surface area contributed by atoms with Crippen LogP contribution >= 0.6 is 0 Å². The van der Waals surface area contributed by atoms with Crippen molar-refractivity contribution in [2.24, 2.45) is 5.73 Å². The Hall–Kier alpha value is -3.04. The number of fused-ring (bicyclic) bond motifs is 1. The summed E-state index contributed by atoms with van der Waals surface area (Å²) in [6.45, 7) is 2.49. The molecular weight excluding hydrogens is 306 g/mol. The van der Waals surface area contributed by atoms with Gasteiger partial charge in [0.15, 0.2) is 0 Å². The van der Waals surface area contributed by atoms with Gasteiger partial charge in [-0.15, -0.1) is 0 Å². The van der Waals surface area contributed by atoms with Crippen LogP contribution in [-0.2, 0) is 6.54 Å². The lowest BCUT2D eigenvalue weighted by molar-refractivity contribution is 1.01. The summed E-state index contributed by atoms with van der Waals surface area (Å²) in [6.07, 6.45) is 1.78. The fourth-order valence-corrected chi connectivity index (χ4v) is 3.09. The Kier molecular flexibility index (Phi) is 4.00. The van der Waals surface area contributed by atoms with Gasteiger partial charge in [0.25, 0.3) is 0 Å². The third-order valence-corrected chi connectivity index (χ3v) is 4.43. The average molecular weight is 325 g/mol. The van der Waals surface area contributed by atoms with Crippen molar-refractivity contribution < 1.29 is 0 Å². The Bertz CT molecular complexity index is 1020. The molecule has 3 heteroatoms. The van der Waals surface area contributed by atoms with Crippen LogP contribution in [0, 0.1) is 6.92 Å². The molecule has 0 amide bonds. The Labute approximate surface area is 147 Å². The topological polar surface area (TPSA) is 51.8 Å². The lowest BCUT2D eigenvalue weighted by Crippen LogP contribution is -2.02. The quantitative estimate of drug-likeness (QED) is 0.592. The summed E-state index contributed by atoms with van der Waals surface area (Å²) in [5.41, 5.74) is 13.2. The van der Waals surface area contributed by atoms with E-state index in [-0.39, 0.29) is 0 Å². The second-order valence-corrected chi connectivity index (χ2v) is 6.15. The van der Waals surface area contributed by atoms with E-state index in [4.69, 9.17) is 10.7 Å². The lowest BCUT2D eigenvalue weighted by Gasteiger charge is -2.13. The van der Waals surface area contributed by atoms with Gasteiger partial charge in [-0.2, -0.15) is 0 Å². The summed E-state index contributed by atoms with van der Waals surface area (Å²) in [7, 11) is 0. The smallest absolute Gasteiger partial charge is 0.0788 e. The van der Waals surface area contributed by atoms with Crippen LogP contribution in [0.5, 0.6) is 0 Å². The molecule has 3 nitrogen and oxygen atoms in total. The van der Waals surface area contributed by atoms with Gasteiger partial charge in [0.05, 0.1) is 16.9 Å². The number of nitrogens with zero attached hydrogens (tertiary/aromatic N) is 2. The van der Waals surface area contributed by atoms with E-state index in [1.807, 2.05) is 24.3 Å². The molecule has 0 saturated carbocycles. The molecule has 0 radical (unpaired) electrons. The van der Waals surface area contributed by atoms with Crippen molar-refractivity contribution >= 4 is 10.9 Å². The first-order chi connectivity index (χ1) is 12.3. The zero-order valence-corrected chi connectivity index (χ0v) is 14.1. The summed E-state index contributed by atoms with van der Waals surface area (Å²) >= 11 is 0. The largest absolute Gasteiger partial charge is 0.325 e. The Morgan fingerprint density at radius 2 is 1.64 bits per heavy atom. The molecule has 4 rings (SSSR count). The first-order valence-electron chi connectivity index (χ1n) is 8.37. The molecule has 0 bridgehead atoms. The third-order valence-electron chi connectivity index (χ3n) is 4.43. The van der Waals surface area contributed by atoms with Crippen molar-refractivity contribution in [2.45, 2.75) is 13.5 Å². The van der Waals surface area contributed by atoms with Crippen LogP contribution in [0.1, 0.15) is 11.3 Å². The fraction of sp³-hybridized carbons (Fsp3) is 0.0909. The minimum atomic E-state index is 0.400. The zero-order chi connectivity index (χ0) is 17.2. The Balaban J connectivity index is 2.04. The van der Waals surface area contributed by atoms with Gasteiger partial charge in [-0.05, 0) is 24.6 Å². The van der Waals surface area contributed by atoms with E-state index in [0.29, 0.717) is 6.54 Å². The van der Waals surface area contributed by atoms with E-state index in [0.717, 1.165) is 39.0 Å². The molecule has 2 heterocycles. The standard InChI is InChI=1S/C22H19N3/c1-15-7-9-17(10-8-15)22-18(16-5-3-2-4-6-16)13-19-20(25-22)11-12-24-21(19)14-23/h2-13H,14,23H2,1H3. The predicted octanol–water partition coefficient (Wildman–Crippen LogP) is 4.73. The van der Waals surface area contributed by atoms with Gasteiger partial charge in [-0.1, -0.05) is 60.2 Å². The zero-order valence-electron chi connectivity index (χ0n) is 14.1. The number of aryl methyl sites for hydroxylation is 1. The summed E-state index contributed by atoms with van der Waals surface area (Å²) in [5.74, 6) is 0. The third kappa shape index (κ3) is 2.90. The Morgan fingerprint density at radius 3 is 2.36 bits per heavy atom. The first kappa shape index (κ1) is 15.5. The lowest BCUT2D eigenvalue weighted by atomic mass is 9.96. The van der Waals surface area contributed by atoms with Gasteiger partial charge in [-0.3, -0.25) is 4.98 Å². The summed E-state index contributed by atoms with van der Waals surface area (Å²) < 4.78 is 0. The number of aromatic nitrogens is 2. The molecule has 4 aromatic rings. The number of benzene rings is 2. The number of hydrogen-bond acceptors (Lipinski definition) is 3. The van der Waals surface area contributed by atoms with Crippen LogP contribution < -0.4 is 5.73 Å². The highest BCUT2D eigenvalue weighted by atomic mass is 14.8. The number of nitrogens with two attached hydrogens (primary N) is 1. The van der Waals surface area contributed by atoms with Gasteiger partial charge in [-0.25, -0.2) is 4.98 Å². The molecule has 0 fully saturated rings. The molecule has 0 unspecified atom stereocenters. The monoisotopic (exact) mass is 325 g/mol. The molecule has 0 aliphatic carbocycles. The van der Waals surface area contributed by atoms with Gasteiger partial charge in [0.1, 0.15) is 0 Å². The second-order valence-electron chi connectivity index (χ2n) is 6.15. The molecule has 0 aliphatic rings. The van der Waals surface area contributed by atoms with Gasteiger partial charge in [0.2, 0.25) is 0 Å². The van der Waals surface area contributed by atoms with E-state index < -0.39 is 0 Å². The summed E-state index contributed by atoms with van der Waals surface area (Å²) in [5, 5.41) is 1.01. The highest BCUT2D eigenvalue weighted by Crippen LogP contribution is 2.34. The molecule has 0 spiro atoms. The van der Waals surface area contributed by atoms with Crippen molar-refractivity contribution in [3.8, 4) is 22.4 Å². The maximum absolute atomic E-state index is 5.88. The first-order valence-corrected chi connectivity index (χ1v) is 8.37. The van der Waals surface area contributed by atoms with Crippen LogP contribution in [0.3, 0.4) is 0 Å². The van der Waals surface area contributed by atoms with E-state index in [2.05, 4.69) is 54.4 Å². The molecular formula is C22H19N3. The molecule has 2 aromatic carbocycles. The van der Waals surface area contributed by atoms with Crippen molar-refractivity contribution in [1.82, 2.24) is 9.97 Å². The molecule has 122 valence electrons. The van der Waals surface area contributed by atoms with Gasteiger partial charge in [0, 0.05) is 29.3 Å². The van der Waals surface area contributed by atoms with E-state index in [1.54, 1.807) is 6.20 Å². The maximum Gasteiger partial charge on any atom is 0.0788 e. The normalized spacial score (nSPS) is 11.0. The van der Waals surface area contributed by atoms with Crippen LogP contribution in [0.4, 0.5) is 0 Å². The number of rotatable bonds is 3. The minimum absolute atomic E-state index is 0.400. The van der Waals surface area contributed by atoms with Gasteiger partial charge < -0.3 is 5.73 Å². The van der Waals surface area contributed by atoms with Crippen molar-refractivity contribution in [2.75, 3.05) is 0 Å². The van der Waals surface area contributed by atoms with Crippen molar-refractivity contribution in [1.29, 1.82) is 0 Å². The highest BCUT2D eigenvalue weighted by molar-refractivity contribution is 5.92. The maximum atomic E-state index is 5.88. The van der Waals surface area contributed by atoms with Gasteiger partial charge >= 0.3 is 0 Å². The fourth-order valence-electron chi connectivity index (χ4n) is 3.09. The predicted molar refractivity (Wildman–Crippen MR) is 103 cm³/mol. The van der Waals surface area contributed by atoms with Crippen molar-refractivity contribution in [3.63, 3.8) is 0 Å². The number of hydrogen-bond donors (Lipinski definition) is 1.